The molecule has 0 spiro atoms. The van der Waals surface area contributed by atoms with E-state index in [-0.39, 0.29) is 23.0 Å². The van der Waals surface area contributed by atoms with Gasteiger partial charge in [0.25, 0.3) is 5.91 Å². The van der Waals surface area contributed by atoms with Crippen molar-refractivity contribution in [2.45, 2.75) is 18.9 Å². The molecule has 0 aliphatic carbocycles. The lowest BCUT2D eigenvalue weighted by atomic mass is 10.0. The van der Waals surface area contributed by atoms with Crippen molar-refractivity contribution in [2.75, 3.05) is 0 Å². The Morgan fingerprint density at radius 1 is 0.970 bits per heavy atom. The molecular formula is C22H14F6N4O. The second-order valence-electron chi connectivity index (χ2n) is 7.14. The van der Waals surface area contributed by atoms with Crippen molar-refractivity contribution < 1.29 is 31.1 Å². The maximum absolute atomic E-state index is 13.2. The largest absolute Gasteiger partial charge is 0.433 e. The van der Waals surface area contributed by atoms with Crippen molar-refractivity contribution in [3.05, 3.63) is 83.6 Å². The highest BCUT2D eigenvalue weighted by Gasteiger charge is 2.33. The summed E-state index contributed by atoms with van der Waals surface area (Å²) >= 11 is 0. The van der Waals surface area contributed by atoms with Crippen LogP contribution in [0.5, 0.6) is 0 Å². The van der Waals surface area contributed by atoms with Gasteiger partial charge >= 0.3 is 12.4 Å². The molecule has 0 unspecified atom stereocenters. The van der Waals surface area contributed by atoms with Gasteiger partial charge in [-0.15, -0.1) is 0 Å². The molecule has 0 radical (unpaired) electrons. The van der Waals surface area contributed by atoms with Gasteiger partial charge in [-0.25, -0.2) is 0 Å². The predicted octanol–water partition coefficient (Wildman–Crippen LogP) is 5.59. The first-order chi connectivity index (χ1) is 15.5. The number of aromatic amines is 1. The molecule has 3 aromatic heterocycles. The molecule has 0 saturated carbocycles. The SMILES string of the molecule is O=C(NCc1cc(-c2cccnc2)c2[nH]c(C(F)(F)F)cc2c1)c1ccc(C(F)(F)F)nc1. The fourth-order valence-electron chi connectivity index (χ4n) is 3.29. The Balaban J connectivity index is 1.63. The van der Waals surface area contributed by atoms with Crippen LogP contribution in [0.25, 0.3) is 22.0 Å². The molecule has 2 N–H and O–H groups in total. The third-order valence-electron chi connectivity index (χ3n) is 4.84. The highest BCUT2D eigenvalue weighted by molar-refractivity contribution is 5.96. The fraction of sp³-hybridized carbons (Fsp3) is 0.136. The lowest BCUT2D eigenvalue weighted by Crippen LogP contribution is -2.23. The molecule has 1 amide bonds. The van der Waals surface area contributed by atoms with Crippen LogP contribution < -0.4 is 5.32 Å². The summed E-state index contributed by atoms with van der Waals surface area (Å²) in [4.78, 5) is 22.0. The number of hydrogen-bond donors (Lipinski definition) is 2. The van der Waals surface area contributed by atoms with Crippen LogP contribution in [0, 0.1) is 0 Å². The molecule has 0 aliphatic rings. The zero-order valence-electron chi connectivity index (χ0n) is 16.6. The number of benzene rings is 1. The van der Waals surface area contributed by atoms with Crippen LogP contribution in [0.2, 0.25) is 0 Å². The van der Waals surface area contributed by atoms with Crippen molar-refractivity contribution in [3.8, 4) is 11.1 Å². The van der Waals surface area contributed by atoms with Gasteiger partial charge in [0.15, 0.2) is 0 Å². The number of hydrogen-bond acceptors (Lipinski definition) is 3. The Kier molecular flexibility index (Phi) is 5.56. The molecule has 0 aliphatic heterocycles. The molecule has 4 rings (SSSR count). The van der Waals surface area contributed by atoms with Gasteiger partial charge in [-0.1, -0.05) is 6.07 Å². The number of fused-ring (bicyclic) bond motifs is 1. The zero-order valence-corrected chi connectivity index (χ0v) is 16.6. The Hall–Kier alpha value is -3.89. The van der Waals surface area contributed by atoms with Crippen molar-refractivity contribution in [3.63, 3.8) is 0 Å². The average molecular weight is 464 g/mol. The van der Waals surface area contributed by atoms with Crippen LogP contribution >= 0.6 is 0 Å². The van der Waals surface area contributed by atoms with E-state index < -0.39 is 29.6 Å². The summed E-state index contributed by atoms with van der Waals surface area (Å²) in [5.41, 5.74) is -0.356. The summed E-state index contributed by atoms with van der Waals surface area (Å²) in [6.07, 6.45) is -5.36. The second kappa shape index (κ2) is 8.23. The monoisotopic (exact) mass is 464 g/mol. The Morgan fingerprint density at radius 2 is 1.76 bits per heavy atom. The maximum Gasteiger partial charge on any atom is 0.433 e. The zero-order chi connectivity index (χ0) is 23.8. The van der Waals surface area contributed by atoms with Gasteiger partial charge in [-0.3, -0.25) is 14.8 Å². The Bertz CT molecular complexity index is 1290. The Labute approximate surface area is 182 Å². The minimum absolute atomic E-state index is 0.0738. The number of halogens is 6. The van der Waals surface area contributed by atoms with Gasteiger partial charge < -0.3 is 10.3 Å². The number of amides is 1. The fourth-order valence-corrected chi connectivity index (χ4v) is 3.29. The maximum atomic E-state index is 13.2. The number of nitrogens with zero attached hydrogens (tertiary/aromatic N) is 2. The minimum atomic E-state index is -4.63. The lowest BCUT2D eigenvalue weighted by Gasteiger charge is -2.10. The van der Waals surface area contributed by atoms with Crippen LogP contribution in [-0.2, 0) is 18.9 Å². The Morgan fingerprint density at radius 3 is 2.36 bits per heavy atom. The third-order valence-corrected chi connectivity index (χ3v) is 4.84. The number of nitrogens with one attached hydrogen (secondary N) is 2. The van der Waals surface area contributed by atoms with Crippen molar-refractivity contribution >= 4 is 16.8 Å². The highest BCUT2D eigenvalue weighted by atomic mass is 19.4. The van der Waals surface area contributed by atoms with E-state index in [1.54, 1.807) is 18.2 Å². The summed E-state index contributed by atoms with van der Waals surface area (Å²) in [5.74, 6) is -0.677. The second-order valence-corrected chi connectivity index (χ2v) is 7.14. The van der Waals surface area contributed by atoms with Crippen molar-refractivity contribution in [1.82, 2.24) is 20.3 Å². The van der Waals surface area contributed by atoms with Crippen LogP contribution in [0.4, 0.5) is 26.3 Å². The molecule has 0 atom stereocenters. The normalized spacial score (nSPS) is 12.2. The number of carbonyl (C=O) groups is 1. The standard InChI is InChI=1S/C22H14F6N4O/c23-21(24,25)17-4-3-14(11-30-17)20(33)31-9-12-6-15-8-18(22(26,27)28)32-19(15)16(7-12)13-2-1-5-29-10-13/h1-8,10-11,32H,9H2,(H,31,33). The van der Waals surface area contributed by atoms with Crippen LogP contribution in [0.3, 0.4) is 0 Å². The van der Waals surface area contributed by atoms with Crippen molar-refractivity contribution in [2.24, 2.45) is 0 Å². The number of pyridine rings is 2. The molecule has 0 saturated heterocycles. The number of aromatic nitrogens is 3. The molecule has 1 aromatic carbocycles. The molecule has 4 aromatic rings. The predicted molar refractivity (Wildman–Crippen MR) is 107 cm³/mol. The number of H-pyrrole nitrogens is 1. The van der Waals surface area contributed by atoms with Gasteiger partial charge in [0.2, 0.25) is 0 Å². The number of carbonyl (C=O) groups excluding carboxylic acids is 1. The third kappa shape index (κ3) is 4.81. The molecule has 3 heterocycles. The molecule has 0 bridgehead atoms. The molecule has 33 heavy (non-hydrogen) atoms. The summed E-state index contributed by atoms with van der Waals surface area (Å²) in [5, 5.41) is 2.83. The smallest absolute Gasteiger partial charge is 0.351 e. The van der Waals surface area contributed by atoms with Gasteiger partial charge in [0.1, 0.15) is 11.4 Å². The first kappa shape index (κ1) is 22.3. The van der Waals surface area contributed by atoms with Crippen LogP contribution in [0.15, 0.2) is 61.1 Å². The van der Waals surface area contributed by atoms with E-state index in [1.807, 2.05) is 0 Å². The topological polar surface area (TPSA) is 70.7 Å². The summed E-state index contributed by atoms with van der Waals surface area (Å²) in [6, 6.07) is 9.10. The number of alkyl halides is 6. The van der Waals surface area contributed by atoms with Gasteiger partial charge in [0.05, 0.1) is 11.1 Å². The van der Waals surface area contributed by atoms with Crippen LogP contribution in [0.1, 0.15) is 27.3 Å². The van der Waals surface area contributed by atoms with E-state index >= 15 is 0 Å². The van der Waals surface area contributed by atoms with E-state index in [0.717, 1.165) is 18.3 Å². The lowest BCUT2D eigenvalue weighted by molar-refractivity contribution is -0.141. The van der Waals surface area contributed by atoms with Gasteiger partial charge in [0, 0.05) is 41.6 Å². The summed E-state index contributed by atoms with van der Waals surface area (Å²) in [6.45, 7) is -0.0738. The molecule has 170 valence electrons. The van der Waals surface area contributed by atoms with E-state index in [9.17, 15) is 31.1 Å². The van der Waals surface area contributed by atoms with Gasteiger partial charge in [-0.2, -0.15) is 26.3 Å². The summed E-state index contributed by atoms with van der Waals surface area (Å²) < 4.78 is 77.6. The molecular weight excluding hydrogens is 450 g/mol. The van der Waals surface area contributed by atoms with E-state index in [4.69, 9.17) is 0 Å². The molecule has 11 heteroatoms. The van der Waals surface area contributed by atoms with E-state index in [1.165, 1.54) is 18.5 Å². The number of rotatable bonds is 4. The minimum Gasteiger partial charge on any atom is -0.351 e. The van der Waals surface area contributed by atoms with E-state index in [0.29, 0.717) is 22.8 Å². The molecule has 5 nitrogen and oxygen atoms in total. The van der Waals surface area contributed by atoms with Crippen LogP contribution in [-0.4, -0.2) is 20.9 Å². The quantitative estimate of drug-likeness (QED) is 0.387. The van der Waals surface area contributed by atoms with E-state index in [2.05, 4.69) is 20.3 Å². The van der Waals surface area contributed by atoms with Crippen molar-refractivity contribution in [1.29, 1.82) is 0 Å². The van der Waals surface area contributed by atoms with Gasteiger partial charge in [-0.05, 0) is 42.0 Å². The average Bonchev–Trinajstić information content (AvgIpc) is 3.22. The first-order valence-corrected chi connectivity index (χ1v) is 9.47. The first-order valence-electron chi connectivity index (χ1n) is 9.47. The molecule has 0 fully saturated rings. The highest BCUT2D eigenvalue weighted by Crippen LogP contribution is 2.35. The summed E-state index contributed by atoms with van der Waals surface area (Å²) in [7, 11) is 0.